The maximum atomic E-state index is 13.5. The Morgan fingerprint density at radius 3 is 2.72 bits per heavy atom. The number of aryl methyl sites for hydroxylation is 1. The summed E-state index contributed by atoms with van der Waals surface area (Å²) in [6.07, 6.45) is 15.0. The van der Waals surface area contributed by atoms with E-state index in [0.29, 0.717) is 5.92 Å². The Balaban J connectivity index is 2.09. The first-order valence-electron chi connectivity index (χ1n) is 12.1. The number of aliphatic imine (C=N–C) groups is 1. The summed E-state index contributed by atoms with van der Waals surface area (Å²) in [5, 5.41) is 6.43. The summed E-state index contributed by atoms with van der Waals surface area (Å²) in [6, 6.07) is 6.28. The standard InChI is InChI=1S/C28H37N3O/c1-6-8-14-25(28(32)20(3)7-2)27(31-22(5)11-10-17-30-31)24-15-16-26(21(4)18-24)29-19-23-12-9-13-23/h10-11,15-20,23H,5-9,12-14H2,1-4H3/b27-25+,29-19?/t20-/m1/s1. The van der Waals surface area contributed by atoms with E-state index in [-0.39, 0.29) is 11.7 Å². The van der Waals surface area contributed by atoms with Crippen LogP contribution in [0.15, 0.2) is 58.3 Å². The molecule has 3 rings (SSSR count). The van der Waals surface area contributed by atoms with E-state index in [0.717, 1.165) is 59.5 Å². The van der Waals surface area contributed by atoms with Crippen molar-refractivity contribution in [3.8, 4) is 0 Å². The van der Waals surface area contributed by atoms with Crippen LogP contribution in [0.4, 0.5) is 5.69 Å². The van der Waals surface area contributed by atoms with E-state index in [9.17, 15) is 4.79 Å². The molecule has 4 heteroatoms. The van der Waals surface area contributed by atoms with Crippen LogP contribution < -0.4 is 0 Å². The molecule has 2 aliphatic rings. The van der Waals surface area contributed by atoms with Gasteiger partial charge >= 0.3 is 0 Å². The lowest BCUT2D eigenvalue weighted by molar-refractivity contribution is -0.118. The maximum Gasteiger partial charge on any atom is 0.163 e. The number of ketones is 1. The van der Waals surface area contributed by atoms with Gasteiger partial charge in [-0.25, -0.2) is 5.01 Å². The smallest absolute Gasteiger partial charge is 0.163 e. The van der Waals surface area contributed by atoms with Crippen molar-refractivity contribution >= 4 is 29.6 Å². The predicted octanol–water partition coefficient (Wildman–Crippen LogP) is 7.39. The molecule has 1 atom stereocenters. The number of carbonyl (C=O) groups is 1. The molecule has 0 unspecified atom stereocenters. The highest BCUT2D eigenvalue weighted by atomic mass is 16.1. The van der Waals surface area contributed by atoms with E-state index in [2.05, 4.69) is 56.9 Å². The van der Waals surface area contributed by atoms with Gasteiger partial charge in [0, 0.05) is 29.5 Å². The summed E-state index contributed by atoms with van der Waals surface area (Å²) in [6.45, 7) is 12.5. The molecule has 0 spiro atoms. The molecule has 0 radical (unpaired) electrons. The topological polar surface area (TPSA) is 45.0 Å². The van der Waals surface area contributed by atoms with Gasteiger partial charge in [-0.05, 0) is 74.8 Å². The van der Waals surface area contributed by atoms with E-state index in [4.69, 9.17) is 4.99 Å². The number of hydrogen-bond acceptors (Lipinski definition) is 4. The fourth-order valence-corrected chi connectivity index (χ4v) is 3.95. The molecule has 1 aromatic carbocycles. The SMILES string of the molecule is C=C1C=CC=NN1/C(=C(\CCCC)C(=O)[C@H](C)CC)c1ccc(N=CC2CCC2)c(C)c1. The number of unbranched alkanes of at least 4 members (excludes halogenated alkanes) is 1. The van der Waals surface area contributed by atoms with Gasteiger partial charge in [0.25, 0.3) is 0 Å². The number of hydrazone groups is 1. The quantitative estimate of drug-likeness (QED) is 0.286. The highest BCUT2D eigenvalue weighted by molar-refractivity contribution is 6.04. The predicted molar refractivity (Wildman–Crippen MR) is 136 cm³/mol. The van der Waals surface area contributed by atoms with Gasteiger partial charge < -0.3 is 0 Å². The molecule has 1 aromatic rings. The molecule has 0 N–H and O–H groups in total. The number of rotatable bonds is 10. The van der Waals surface area contributed by atoms with Crippen molar-refractivity contribution in [1.29, 1.82) is 0 Å². The molecule has 0 bridgehead atoms. The summed E-state index contributed by atoms with van der Waals surface area (Å²) >= 11 is 0. The Bertz CT molecular complexity index is 963. The van der Waals surface area contributed by atoms with Gasteiger partial charge in [0.05, 0.1) is 17.1 Å². The van der Waals surface area contributed by atoms with E-state index >= 15 is 0 Å². The number of allylic oxidation sites excluding steroid dienone is 3. The first-order valence-corrected chi connectivity index (χ1v) is 12.1. The number of hydrogen-bond donors (Lipinski definition) is 0. The molecule has 0 saturated heterocycles. The van der Waals surface area contributed by atoms with Gasteiger partial charge in [0.1, 0.15) is 0 Å². The molecule has 32 heavy (non-hydrogen) atoms. The van der Waals surface area contributed by atoms with E-state index in [1.54, 1.807) is 6.21 Å². The minimum Gasteiger partial charge on any atom is -0.294 e. The normalized spacial score (nSPS) is 18.1. The second kappa shape index (κ2) is 11.2. The Morgan fingerprint density at radius 2 is 2.12 bits per heavy atom. The van der Waals surface area contributed by atoms with Gasteiger partial charge in [0.2, 0.25) is 0 Å². The Hall–Kier alpha value is -2.75. The highest BCUT2D eigenvalue weighted by Crippen LogP contribution is 2.35. The van der Waals surface area contributed by atoms with Crippen LogP contribution in [0.3, 0.4) is 0 Å². The third-order valence-corrected chi connectivity index (χ3v) is 6.51. The van der Waals surface area contributed by atoms with Gasteiger partial charge in [-0.2, -0.15) is 5.10 Å². The molecular formula is C28H37N3O. The Morgan fingerprint density at radius 1 is 1.34 bits per heavy atom. The minimum absolute atomic E-state index is 0.0260. The molecule has 4 nitrogen and oxygen atoms in total. The van der Waals surface area contributed by atoms with Crippen LogP contribution in [0, 0.1) is 18.8 Å². The molecular weight excluding hydrogens is 394 g/mol. The van der Waals surface area contributed by atoms with E-state index < -0.39 is 0 Å². The zero-order chi connectivity index (χ0) is 23.1. The van der Waals surface area contributed by atoms with Crippen LogP contribution in [0.5, 0.6) is 0 Å². The summed E-state index contributed by atoms with van der Waals surface area (Å²) < 4.78 is 0. The van der Waals surface area contributed by atoms with Crippen molar-refractivity contribution in [1.82, 2.24) is 5.01 Å². The zero-order valence-corrected chi connectivity index (χ0v) is 20.1. The molecule has 1 aliphatic heterocycles. The minimum atomic E-state index is -0.0260. The third-order valence-electron chi connectivity index (χ3n) is 6.51. The average molecular weight is 432 g/mol. The van der Waals surface area contributed by atoms with Crippen molar-refractivity contribution in [3.63, 3.8) is 0 Å². The van der Waals surface area contributed by atoms with Gasteiger partial charge in [-0.1, -0.05) is 46.3 Å². The van der Waals surface area contributed by atoms with Crippen molar-refractivity contribution in [3.05, 3.63) is 59.3 Å². The Kier molecular flexibility index (Phi) is 8.38. The monoisotopic (exact) mass is 431 g/mol. The molecule has 170 valence electrons. The Labute approximate surface area is 193 Å². The lowest BCUT2D eigenvalue weighted by atomic mass is 9.86. The summed E-state index contributed by atoms with van der Waals surface area (Å²) in [4.78, 5) is 18.3. The van der Waals surface area contributed by atoms with Crippen molar-refractivity contribution in [2.24, 2.45) is 21.9 Å². The zero-order valence-electron chi connectivity index (χ0n) is 20.1. The maximum absolute atomic E-state index is 13.5. The highest BCUT2D eigenvalue weighted by Gasteiger charge is 2.26. The molecule has 0 amide bonds. The van der Waals surface area contributed by atoms with Crippen LogP contribution in [0.1, 0.15) is 76.8 Å². The number of Topliss-reactive ketones (excluding diaryl/α,β-unsaturated/α-hetero) is 1. The van der Waals surface area contributed by atoms with Crippen LogP contribution >= 0.6 is 0 Å². The molecule has 1 fully saturated rings. The molecule has 0 aromatic heterocycles. The average Bonchev–Trinajstić information content (AvgIpc) is 2.76. The summed E-state index contributed by atoms with van der Waals surface area (Å²) in [5.41, 5.74) is 5.54. The molecule has 1 heterocycles. The van der Waals surface area contributed by atoms with E-state index in [1.165, 1.54) is 19.3 Å². The number of nitrogens with zero attached hydrogens (tertiary/aromatic N) is 3. The molecule has 1 aliphatic carbocycles. The largest absolute Gasteiger partial charge is 0.294 e. The van der Waals surface area contributed by atoms with Crippen molar-refractivity contribution in [2.45, 2.75) is 72.6 Å². The lowest BCUT2D eigenvalue weighted by Gasteiger charge is -2.28. The second-order valence-electron chi connectivity index (χ2n) is 9.00. The second-order valence-corrected chi connectivity index (χ2v) is 9.00. The fraction of sp³-hybridized carbons (Fsp3) is 0.464. The van der Waals surface area contributed by atoms with Gasteiger partial charge in [-0.15, -0.1) is 0 Å². The van der Waals surface area contributed by atoms with Gasteiger partial charge in [0.15, 0.2) is 5.78 Å². The number of carbonyl (C=O) groups excluding carboxylic acids is 1. The third kappa shape index (κ3) is 5.53. The lowest BCUT2D eigenvalue weighted by Crippen LogP contribution is -2.23. The van der Waals surface area contributed by atoms with Crippen LogP contribution in [0.2, 0.25) is 0 Å². The van der Waals surface area contributed by atoms with Crippen LogP contribution in [0.25, 0.3) is 5.70 Å². The van der Waals surface area contributed by atoms with E-state index in [1.807, 2.05) is 24.1 Å². The van der Waals surface area contributed by atoms with Crippen LogP contribution in [-0.2, 0) is 4.79 Å². The van der Waals surface area contributed by atoms with Crippen molar-refractivity contribution < 1.29 is 4.79 Å². The summed E-state index contributed by atoms with van der Waals surface area (Å²) in [5.74, 6) is 0.802. The molecule has 1 saturated carbocycles. The first kappa shape index (κ1) is 23.9. The number of benzene rings is 1. The fourth-order valence-electron chi connectivity index (χ4n) is 3.95. The van der Waals surface area contributed by atoms with Crippen LogP contribution in [-0.4, -0.2) is 23.2 Å². The van der Waals surface area contributed by atoms with Crippen molar-refractivity contribution in [2.75, 3.05) is 0 Å². The summed E-state index contributed by atoms with van der Waals surface area (Å²) in [7, 11) is 0. The van der Waals surface area contributed by atoms with Gasteiger partial charge in [-0.3, -0.25) is 9.79 Å². The first-order chi connectivity index (χ1) is 15.5.